The summed E-state index contributed by atoms with van der Waals surface area (Å²) in [7, 11) is 0. The summed E-state index contributed by atoms with van der Waals surface area (Å²) in [6, 6.07) is 19.9. The van der Waals surface area contributed by atoms with Crippen LogP contribution in [0.1, 0.15) is 50.6 Å². The molecule has 7 nitrogen and oxygen atoms in total. The second kappa shape index (κ2) is 11.5. The summed E-state index contributed by atoms with van der Waals surface area (Å²) < 4.78 is 0. The van der Waals surface area contributed by atoms with Crippen molar-refractivity contribution in [2.45, 2.75) is 43.8 Å². The van der Waals surface area contributed by atoms with Crippen molar-refractivity contribution in [3.8, 4) is 0 Å². The molecular weight excluding hydrogens is 490 g/mol. The average molecular weight is 518 g/mol. The molecule has 184 valence electrons. The number of anilines is 1. The molecule has 3 N–H and O–H groups in total. The van der Waals surface area contributed by atoms with Crippen molar-refractivity contribution in [3.63, 3.8) is 0 Å². The lowest BCUT2D eigenvalue weighted by Gasteiger charge is -2.13. The first-order chi connectivity index (χ1) is 17.7. The number of H-pyrrole nitrogens is 1. The van der Waals surface area contributed by atoms with Gasteiger partial charge in [-0.1, -0.05) is 72.4 Å². The molecule has 2 amide bonds. The third kappa shape index (κ3) is 6.03. The molecule has 0 unspecified atom stereocenters. The minimum Gasteiger partial charge on any atom is -0.348 e. The number of thiophene rings is 1. The Morgan fingerprint density at radius 2 is 1.69 bits per heavy atom. The number of aromatic amines is 1. The van der Waals surface area contributed by atoms with E-state index < -0.39 is 0 Å². The molecule has 0 fully saturated rings. The largest absolute Gasteiger partial charge is 0.348 e. The lowest BCUT2D eigenvalue weighted by molar-refractivity contribution is -0.113. The first kappa shape index (κ1) is 24.3. The minimum absolute atomic E-state index is 0.138. The second-order valence-corrected chi connectivity index (χ2v) is 10.7. The van der Waals surface area contributed by atoms with Crippen molar-refractivity contribution in [3.05, 3.63) is 93.6 Å². The van der Waals surface area contributed by atoms with Crippen LogP contribution in [0.2, 0.25) is 0 Å². The predicted molar refractivity (Wildman–Crippen MR) is 144 cm³/mol. The maximum atomic E-state index is 13.2. The summed E-state index contributed by atoms with van der Waals surface area (Å²) in [4.78, 5) is 31.7. The molecule has 4 aromatic rings. The Bertz CT molecular complexity index is 1330. The Morgan fingerprint density at radius 1 is 0.972 bits per heavy atom. The van der Waals surface area contributed by atoms with Crippen LogP contribution in [0.5, 0.6) is 0 Å². The van der Waals surface area contributed by atoms with Crippen molar-refractivity contribution < 1.29 is 9.59 Å². The third-order valence-electron chi connectivity index (χ3n) is 6.01. The highest BCUT2D eigenvalue weighted by Crippen LogP contribution is 2.38. The Morgan fingerprint density at radius 3 is 2.47 bits per heavy atom. The highest BCUT2D eigenvalue weighted by Gasteiger charge is 2.26. The van der Waals surface area contributed by atoms with Gasteiger partial charge in [0.25, 0.3) is 5.91 Å². The van der Waals surface area contributed by atoms with E-state index in [4.69, 9.17) is 0 Å². The molecular formula is C27H27N5O2S2. The molecule has 1 aliphatic carbocycles. The fourth-order valence-electron chi connectivity index (χ4n) is 4.26. The molecule has 0 bridgehead atoms. The van der Waals surface area contributed by atoms with Crippen LogP contribution in [-0.4, -0.2) is 32.7 Å². The van der Waals surface area contributed by atoms with Gasteiger partial charge in [0.05, 0.1) is 11.3 Å². The number of nitrogens with one attached hydrogen (secondary N) is 3. The van der Waals surface area contributed by atoms with Gasteiger partial charge in [0.1, 0.15) is 10.8 Å². The molecule has 2 aromatic carbocycles. The lowest BCUT2D eigenvalue weighted by atomic mass is 9.95. The summed E-state index contributed by atoms with van der Waals surface area (Å²) in [5.74, 6) is 0.606. The van der Waals surface area contributed by atoms with Crippen LogP contribution in [0.15, 0.2) is 65.8 Å². The number of hydrogen-bond donors (Lipinski definition) is 3. The minimum atomic E-state index is -0.176. The van der Waals surface area contributed by atoms with Gasteiger partial charge < -0.3 is 10.6 Å². The SMILES string of the molecule is O=C(CSc1n[nH]c(Cc2ccccc2)n1)Nc1sc2c(c1C(=O)NCc1ccccc1)CCCC2. The average Bonchev–Trinajstić information content (AvgIpc) is 3.51. The molecule has 2 aromatic heterocycles. The number of thioether (sulfide) groups is 1. The van der Waals surface area contributed by atoms with Crippen molar-refractivity contribution in [2.75, 3.05) is 11.1 Å². The number of hydrogen-bond acceptors (Lipinski definition) is 6. The second-order valence-electron chi connectivity index (χ2n) is 8.65. The van der Waals surface area contributed by atoms with E-state index >= 15 is 0 Å². The standard InChI is InChI=1S/C27H27N5O2S2/c33-23(17-35-27-29-22(31-32-27)15-18-9-3-1-4-10-18)30-26-24(20-13-7-8-14-21(20)36-26)25(34)28-16-19-11-5-2-6-12-19/h1-6,9-12H,7-8,13-17H2,(H,28,34)(H,30,33)(H,29,31,32). The summed E-state index contributed by atoms with van der Waals surface area (Å²) in [6.07, 6.45) is 4.64. The Balaban J connectivity index is 1.22. The zero-order valence-corrected chi connectivity index (χ0v) is 21.4. The van der Waals surface area contributed by atoms with E-state index in [0.29, 0.717) is 28.7 Å². The highest BCUT2D eigenvalue weighted by molar-refractivity contribution is 7.99. The molecule has 1 aliphatic rings. The molecule has 0 radical (unpaired) electrons. The smallest absolute Gasteiger partial charge is 0.254 e. The van der Waals surface area contributed by atoms with E-state index in [0.717, 1.165) is 48.2 Å². The molecule has 0 aliphatic heterocycles. The van der Waals surface area contributed by atoms with Gasteiger partial charge in [0.15, 0.2) is 0 Å². The van der Waals surface area contributed by atoms with Crippen LogP contribution < -0.4 is 10.6 Å². The summed E-state index contributed by atoms with van der Waals surface area (Å²) in [5, 5.41) is 14.4. The van der Waals surface area contributed by atoms with Gasteiger partial charge in [-0.05, 0) is 42.4 Å². The predicted octanol–water partition coefficient (Wildman–Crippen LogP) is 5.00. The summed E-state index contributed by atoms with van der Waals surface area (Å²) in [6.45, 7) is 0.448. The Labute approximate surface area is 218 Å². The zero-order valence-electron chi connectivity index (χ0n) is 19.8. The molecule has 9 heteroatoms. The summed E-state index contributed by atoms with van der Waals surface area (Å²) in [5.41, 5.74) is 3.88. The first-order valence-corrected chi connectivity index (χ1v) is 13.8. The Kier molecular flexibility index (Phi) is 7.78. The van der Waals surface area contributed by atoms with Crippen molar-refractivity contribution in [2.24, 2.45) is 0 Å². The Hall–Kier alpha value is -3.43. The van der Waals surface area contributed by atoms with Crippen molar-refractivity contribution in [1.82, 2.24) is 20.5 Å². The highest BCUT2D eigenvalue weighted by atomic mass is 32.2. The van der Waals surface area contributed by atoms with E-state index in [-0.39, 0.29) is 17.6 Å². The molecule has 2 heterocycles. The molecule has 36 heavy (non-hydrogen) atoms. The maximum absolute atomic E-state index is 13.2. The van der Waals surface area contributed by atoms with E-state index in [2.05, 4.69) is 25.8 Å². The van der Waals surface area contributed by atoms with Gasteiger partial charge in [-0.2, -0.15) is 0 Å². The fraction of sp³-hybridized carbons (Fsp3) is 0.259. The van der Waals surface area contributed by atoms with Gasteiger partial charge in [0.2, 0.25) is 11.1 Å². The van der Waals surface area contributed by atoms with E-state index in [1.807, 2.05) is 60.7 Å². The fourth-order valence-corrected chi connectivity index (χ4v) is 6.18. The van der Waals surface area contributed by atoms with Crippen LogP contribution in [0.25, 0.3) is 0 Å². The molecule has 5 rings (SSSR count). The van der Waals surface area contributed by atoms with Gasteiger partial charge in [-0.15, -0.1) is 16.4 Å². The normalized spacial score (nSPS) is 12.7. The topological polar surface area (TPSA) is 99.8 Å². The number of rotatable bonds is 9. The van der Waals surface area contributed by atoms with Crippen molar-refractivity contribution in [1.29, 1.82) is 0 Å². The van der Waals surface area contributed by atoms with Gasteiger partial charge in [-0.25, -0.2) is 4.98 Å². The van der Waals surface area contributed by atoms with E-state index in [1.165, 1.54) is 28.0 Å². The number of amides is 2. The number of benzene rings is 2. The van der Waals surface area contributed by atoms with Gasteiger partial charge in [0, 0.05) is 17.8 Å². The third-order valence-corrected chi connectivity index (χ3v) is 8.06. The molecule has 0 atom stereocenters. The summed E-state index contributed by atoms with van der Waals surface area (Å²) >= 11 is 2.80. The first-order valence-electron chi connectivity index (χ1n) is 12.0. The van der Waals surface area contributed by atoms with Crippen LogP contribution in [0.4, 0.5) is 5.00 Å². The van der Waals surface area contributed by atoms with Crippen LogP contribution in [0, 0.1) is 0 Å². The monoisotopic (exact) mass is 517 g/mol. The molecule has 0 saturated carbocycles. The van der Waals surface area contributed by atoms with Crippen LogP contribution in [0.3, 0.4) is 0 Å². The van der Waals surface area contributed by atoms with Gasteiger partial charge in [-0.3, -0.25) is 14.7 Å². The lowest BCUT2D eigenvalue weighted by Crippen LogP contribution is -2.25. The number of aryl methyl sites for hydroxylation is 1. The number of carbonyl (C=O) groups is 2. The number of fused-ring (bicyclic) bond motifs is 1. The zero-order chi connectivity index (χ0) is 24.7. The number of carbonyl (C=O) groups excluding carboxylic acids is 2. The van der Waals surface area contributed by atoms with Crippen LogP contribution >= 0.6 is 23.1 Å². The molecule has 0 spiro atoms. The van der Waals surface area contributed by atoms with E-state index in [9.17, 15) is 9.59 Å². The van der Waals surface area contributed by atoms with E-state index in [1.54, 1.807) is 0 Å². The maximum Gasteiger partial charge on any atom is 0.254 e. The van der Waals surface area contributed by atoms with Crippen molar-refractivity contribution >= 4 is 39.9 Å². The number of nitrogens with zero attached hydrogens (tertiary/aromatic N) is 2. The molecule has 0 saturated heterocycles. The quantitative estimate of drug-likeness (QED) is 0.272. The van der Waals surface area contributed by atoms with Gasteiger partial charge >= 0.3 is 0 Å². The van der Waals surface area contributed by atoms with Crippen LogP contribution in [-0.2, 0) is 30.6 Å². The number of aromatic nitrogens is 3.